The minimum atomic E-state index is -0.743. The van der Waals surface area contributed by atoms with Crippen LogP contribution in [0.25, 0.3) is 23.3 Å². The van der Waals surface area contributed by atoms with Crippen molar-refractivity contribution in [3.8, 4) is 11.8 Å². The van der Waals surface area contributed by atoms with Crippen LogP contribution in [-0.4, -0.2) is 46.6 Å². The van der Waals surface area contributed by atoms with Gasteiger partial charge in [-0.3, -0.25) is 4.79 Å². The molecule has 408 valence electrons. The monoisotopic (exact) mass is 1040 g/mol. The summed E-state index contributed by atoms with van der Waals surface area (Å²) in [4.78, 5) is 14.3. The smallest absolute Gasteiger partial charge is 0.306 e. The van der Waals surface area contributed by atoms with Crippen molar-refractivity contribution in [3.63, 3.8) is 0 Å². The number of aliphatic hydroxyl groups excluding tert-OH is 2. The number of allylic oxidation sites excluding steroid dienone is 10. The third-order valence-corrected chi connectivity index (χ3v) is 24.2. The summed E-state index contributed by atoms with van der Waals surface area (Å²) in [6, 6.07) is 16.5. The zero-order chi connectivity index (χ0) is 53.2. The first-order valence-corrected chi connectivity index (χ1v) is 31.4. The van der Waals surface area contributed by atoms with Crippen molar-refractivity contribution < 1.29 is 20.1 Å². The fourth-order valence-electron chi connectivity index (χ4n) is 21.1. The Bertz CT molecular complexity index is 3220. The highest BCUT2D eigenvalue weighted by molar-refractivity contribution is 5.83. The maximum atomic E-state index is 14.3. The van der Waals surface area contributed by atoms with Gasteiger partial charge in [-0.2, -0.15) is 0 Å². The average Bonchev–Trinajstić information content (AvgIpc) is 1.98. The van der Waals surface area contributed by atoms with Gasteiger partial charge >= 0.3 is 5.97 Å². The minimum Gasteiger partial charge on any atom is -0.481 e. The maximum Gasteiger partial charge on any atom is 0.306 e. The molecule has 0 aromatic heterocycles. The van der Waals surface area contributed by atoms with Crippen molar-refractivity contribution in [2.45, 2.75) is 173 Å². The molecule has 0 amide bonds. The van der Waals surface area contributed by atoms with E-state index in [1.807, 2.05) is 0 Å². The maximum absolute atomic E-state index is 14.3. The topological polar surface area (TPSA) is 102 Å². The van der Waals surface area contributed by atoms with Crippen molar-refractivity contribution in [2.24, 2.45) is 68.5 Å². The summed E-state index contributed by atoms with van der Waals surface area (Å²) in [5.74, 6) is 8.40. The summed E-state index contributed by atoms with van der Waals surface area (Å²) in [6.45, 7) is 11.3. The highest BCUT2D eigenvalue weighted by Gasteiger charge is 2.75. The molecule has 2 aromatic carbocycles. The number of carboxylic acids is 1. The van der Waals surface area contributed by atoms with E-state index in [2.05, 4.69) is 127 Å². The largest absolute Gasteiger partial charge is 0.481 e. The van der Waals surface area contributed by atoms with Gasteiger partial charge in [-0.05, 0) is 168 Å². The van der Waals surface area contributed by atoms with Crippen LogP contribution in [0, 0.1) is 80.3 Å². The second kappa shape index (κ2) is 19.3. The van der Waals surface area contributed by atoms with Gasteiger partial charge < -0.3 is 26.0 Å². The van der Waals surface area contributed by atoms with Crippen LogP contribution in [0.15, 0.2) is 114 Å². The number of carboxylic acid groups (broad SMARTS) is 1. The summed E-state index contributed by atoms with van der Waals surface area (Å²) in [7, 11) is 0. The summed E-state index contributed by atoms with van der Waals surface area (Å²) in [5.41, 5.74) is 10.6. The summed E-state index contributed by atoms with van der Waals surface area (Å²) in [5, 5.41) is 48.1. The van der Waals surface area contributed by atoms with Gasteiger partial charge in [0, 0.05) is 59.4 Å². The molecule has 6 nitrogen and oxygen atoms in total. The third-order valence-electron chi connectivity index (χ3n) is 24.2. The fraction of sp³-hybridized carbons (Fsp3) is 0.569. The van der Waals surface area contributed by atoms with Crippen molar-refractivity contribution in [1.82, 2.24) is 10.6 Å². The van der Waals surface area contributed by atoms with Crippen LogP contribution in [-0.2, 0) is 4.79 Å². The number of dihydropyridines is 1. The van der Waals surface area contributed by atoms with Crippen molar-refractivity contribution in [1.29, 1.82) is 0 Å². The molecule has 3 fully saturated rings. The summed E-state index contributed by atoms with van der Waals surface area (Å²) in [6.07, 6.45) is 40.2. The normalized spacial score (nSPS) is 39.9. The van der Waals surface area contributed by atoms with Crippen LogP contribution in [0.5, 0.6) is 0 Å². The highest BCUT2D eigenvalue weighted by atomic mass is 16.4. The van der Waals surface area contributed by atoms with E-state index in [1.54, 1.807) is 11.1 Å². The molecule has 14 atom stereocenters. The Labute approximate surface area is 465 Å². The van der Waals surface area contributed by atoms with E-state index in [-0.39, 0.29) is 40.4 Å². The standard InChI is InChI=1S/C72H86N2O4/c1-4-5-6-12-35-71-43-60(75)65-54(66(77)78)28-22-45(2)52(46-16-8-7-9-17-46)21-14-38-73-62-29-27-51(44-74-62)49-26-24-47-23-25-48-19-13-33-70-34-15-32-69-41-56-58(40-50-18-10-11-20-53(50)64(56)63(48)55(47)39-49)72(67(69)70,37-31-61(70)76)57(59(71)42-69)30-36-68(65,71)3/h10-11,15,18,20,23-27,29,32,39-41,46,48,52,54,58,60-61,63,65,67,73-76H,2,4-9,12,14,16-17,21-22,28,30-31,33-38,42-44H2,1,3H3,(H,77,78)/t48-,52+,54+,58+,60+,61-,63-,65-,67?,68+,69+,70+,71-,72+/m0/s1. The lowest BCUT2D eigenvalue weighted by Crippen LogP contribution is -2.68. The first-order valence-electron chi connectivity index (χ1n) is 31.4. The highest BCUT2D eigenvalue weighted by Crippen LogP contribution is 2.82. The molecule has 10 aliphatic carbocycles. The number of carbonyl (C=O) groups is 1. The molecule has 0 radical (unpaired) electrons. The average molecular weight is 1040 g/mol. The number of fused-ring (bicyclic) bond motifs is 1. The summed E-state index contributed by atoms with van der Waals surface area (Å²) < 4.78 is 0. The quantitative estimate of drug-likeness (QED) is 0.108. The molecule has 6 heteroatoms. The van der Waals surface area contributed by atoms with Crippen LogP contribution in [0.1, 0.15) is 178 Å². The molecule has 0 saturated heterocycles. The Morgan fingerprint density at radius 1 is 0.923 bits per heavy atom. The van der Waals surface area contributed by atoms with Gasteiger partial charge in [-0.1, -0.05) is 173 Å². The van der Waals surface area contributed by atoms with Crippen LogP contribution in [0.3, 0.4) is 0 Å². The van der Waals surface area contributed by atoms with E-state index in [0.717, 1.165) is 96.0 Å². The zero-order valence-electron chi connectivity index (χ0n) is 46.9. The predicted octanol–water partition coefficient (Wildman–Crippen LogP) is 13.0. The molecule has 1 unspecified atom stereocenters. The molecule has 18 rings (SSSR count). The molecule has 6 heterocycles. The molecule has 3 saturated carbocycles. The van der Waals surface area contributed by atoms with E-state index < -0.39 is 40.3 Å². The number of benzene rings is 2. The van der Waals surface area contributed by atoms with Gasteiger partial charge in [0.2, 0.25) is 0 Å². The van der Waals surface area contributed by atoms with E-state index >= 15 is 0 Å². The molecule has 5 N–H and O–H groups in total. The SMILES string of the molecule is C=C1CC[C@@H](C(=O)O)[C@H]2[C@H](O)C[C@@]3(CCCCCC)C4=C(CC[C@]23C)[C@]23CC[C@H](O)[C@@]56CC#C[C@H]7C=Cc8ccc(cc8[C@H]7C7=c8ccccc8=C[C@@H]2C7=C[C@](C=CC5)(C4)C63)C2=CC=C(NCCC[C@H]1C1CCCCC1)NC2. The second-order valence-corrected chi connectivity index (χ2v) is 27.5. The van der Waals surface area contributed by atoms with Gasteiger partial charge in [0.1, 0.15) is 0 Å². The van der Waals surface area contributed by atoms with Gasteiger partial charge in [0.15, 0.2) is 0 Å². The Morgan fingerprint density at radius 2 is 1.79 bits per heavy atom. The first-order chi connectivity index (χ1) is 37.9. The number of nitrogens with one attached hydrogen (secondary N) is 2. The molecule has 2 spiro atoms. The van der Waals surface area contributed by atoms with Gasteiger partial charge in [-0.25, -0.2) is 0 Å². The van der Waals surface area contributed by atoms with Gasteiger partial charge in [-0.15, -0.1) is 5.92 Å². The van der Waals surface area contributed by atoms with Crippen LogP contribution in [0.4, 0.5) is 0 Å². The van der Waals surface area contributed by atoms with Crippen LogP contribution < -0.4 is 21.1 Å². The predicted molar refractivity (Wildman–Crippen MR) is 314 cm³/mol. The molecule has 6 aliphatic heterocycles. The molecule has 2 aromatic rings. The van der Waals surface area contributed by atoms with Crippen molar-refractivity contribution >= 4 is 29.3 Å². The zero-order valence-corrected chi connectivity index (χ0v) is 46.9. The van der Waals surface area contributed by atoms with Crippen molar-refractivity contribution in [3.05, 3.63) is 141 Å². The van der Waals surface area contributed by atoms with Gasteiger partial charge in [0.25, 0.3) is 0 Å². The number of hydrogen-bond acceptors (Lipinski definition) is 5. The summed E-state index contributed by atoms with van der Waals surface area (Å²) >= 11 is 0. The number of aliphatic hydroxyl groups is 2. The van der Waals surface area contributed by atoms with Crippen LogP contribution in [0.2, 0.25) is 0 Å². The van der Waals surface area contributed by atoms with E-state index in [9.17, 15) is 20.1 Å². The van der Waals surface area contributed by atoms with Crippen LogP contribution >= 0.6 is 0 Å². The lowest BCUT2D eigenvalue weighted by atomic mass is 9.30. The second-order valence-electron chi connectivity index (χ2n) is 27.5. The molecular formula is C72H86N2O4. The first kappa shape index (κ1) is 51.1. The number of hydrogen-bond donors (Lipinski definition) is 5. The Morgan fingerprint density at radius 3 is 2.63 bits per heavy atom. The van der Waals surface area contributed by atoms with E-state index in [0.29, 0.717) is 37.5 Å². The lowest BCUT2D eigenvalue weighted by molar-refractivity contribution is -0.167. The Balaban J connectivity index is 1.01. The Kier molecular flexibility index (Phi) is 12.6. The van der Waals surface area contributed by atoms with E-state index in [4.69, 9.17) is 6.58 Å². The Hall–Kier alpha value is -5.09. The van der Waals surface area contributed by atoms with Crippen molar-refractivity contribution in [2.75, 3.05) is 13.1 Å². The number of rotatable bonds is 7. The molecule has 16 aliphatic rings. The third kappa shape index (κ3) is 7.43. The number of aliphatic carboxylic acids is 1. The fourth-order valence-corrected chi connectivity index (χ4v) is 21.1. The molecule has 78 heavy (non-hydrogen) atoms. The molecular weight excluding hydrogens is 957 g/mol. The lowest BCUT2D eigenvalue weighted by Gasteiger charge is -2.73. The minimum absolute atomic E-state index is 0.000901. The number of unbranched alkanes of at least 4 members (excludes halogenated alkanes) is 3. The van der Waals surface area contributed by atoms with E-state index in [1.165, 1.54) is 87.9 Å². The van der Waals surface area contributed by atoms with Gasteiger partial charge in [0.05, 0.1) is 23.9 Å². The molecule has 17 bridgehead atoms.